The van der Waals surface area contributed by atoms with Crippen LogP contribution in [0.5, 0.6) is 0 Å². The Bertz CT molecular complexity index is 1150. The summed E-state index contributed by atoms with van der Waals surface area (Å²) < 4.78 is 11.3. The van der Waals surface area contributed by atoms with Crippen LogP contribution in [0.3, 0.4) is 0 Å². The number of ether oxygens (including phenoxy) is 2. The van der Waals surface area contributed by atoms with Gasteiger partial charge in [0.1, 0.15) is 42.7 Å². The number of carbonyl (C=O) groups is 2. The van der Waals surface area contributed by atoms with E-state index in [9.17, 15) is 55.6 Å². The minimum atomic E-state index is -2.20. The number of hydroxylamine groups is 1. The van der Waals surface area contributed by atoms with E-state index in [1.165, 1.54) is 6.21 Å². The zero-order valence-corrected chi connectivity index (χ0v) is 27.7. The molecular formula is C32H53N3O13. The molecule has 1 aromatic carbocycles. The summed E-state index contributed by atoms with van der Waals surface area (Å²) in [7, 11) is 0. The molecule has 1 heterocycles. The van der Waals surface area contributed by atoms with E-state index in [1.54, 1.807) is 38.1 Å². The van der Waals surface area contributed by atoms with Gasteiger partial charge in [0.05, 0.1) is 19.8 Å². The van der Waals surface area contributed by atoms with E-state index in [-0.39, 0.29) is 19.0 Å². The van der Waals surface area contributed by atoms with Gasteiger partial charge in [-0.2, -0.15) is 0 Å². The first-order chi connectivity index (χ1) is 22.7. The van der Waals surface area contributed by atoms with Gasteiger partial charge < -0.3 is 66.2 Å². The second-order valence-electron chi connectivity index (χ2n) is 12.7. The third-order valence-corrected chi connectivity index (χ3v) is 8.17. The van der Waals surface area contributed by atoms with Gasteiger partial charge in [-0.05, 0) is 24.1 Å². The largest absolute Gasteiger partial charge is 0.623 e. The number of aliphatic hydroxyl groups is 8. The molecule has 16 heteroatoms. The van der Waals surface area contributed by atoms with Crippen molar-refractivity contribution >= 4 is 18.0 Å². The Balaban J connectivity index is 1.94. The highest BCUT2D eigenvalue weighted by atomic mass is 16.7. The van der Waals surface area contributed by atoms with Gasteiger partial charge >= 0.3 is 0 Å². The fourth-order valence-electron chi connectivity index (χ4n) is 4.87. The van der Waals surface area contributed by atoms with E-state index in [2.05, 4.69) is 17.6 Å². The second-order valence-corrected chi connectivity index (χ2v) is 12.7. The van der Waals surface area contributed by atoms with Crippen LogP contribution in [0.4, 0.5) is 0 Å². The molecule has 0 saturated carbocycles. The maximum Gasteiger partial charge on any atom is 0.251 e. The summed E-state index contributed by atoms with van der Waals surface area (Å²) in [6, 6.07) is 6.50. The van der Waals surface area contributed by atoms with E-state index in [4.69, 9.17) is 9.47 Å². The van der Waals surface area contributed by atoms with Gasteiger partial charge in [-0.1, -0.05) is 44.7 Å². The van der Waals surface area contributed by atoms with Gasteiger partial charge in [-0.25, -0.2) is 4.74 Å². The molecule has 48 heavy (non-hydrogen) atoms. The lowest BCUT2D eigenvalue weighted by molar-refractivity contribution is -0.533. The van der Waals surface area contributed by atoms with Crippen LogP contribution >= 0.6 is 0 Å². The molecule has 1 aliphatic heterocycles. The molecule has 10 N–H and O–H groups in total. The highest BCUT2D eigenvalue weighted by molar-refractivity contribution is 5.81. The number of rotatable bonds is 20. The number of amides is 2. The minimum Gasteiger partial charge on any atom is -0.623 e. The van der Waals surface area contributed by atoms with Crippen LogP contribution in [-0.4, -0.2) is 144 Å². The van der Waals surface area contributed by atoms with E-state index in [0.29, 0.717) is 17.5 Å². The average Bonchev–Trinajstić information content (AvgIpc) is 3.07. The number of unbranched alkanes of at least 4 members (excludes halogenated alkanes) is 4. The first kappa shape index (κ1) is 41.4. The Kier molecular flexibility index (Phi) is 17.3. The predicted octanol–water partition coefficient (Wildman–Crippen LogP) is -2.25. The van der Waals surface area contributed by atoms with Crippen molar-refractivity contribution in [1.29, 1.82) is 0 Å². The number of hydrogen-bond acceptors (Lipinski definition) is 13. The minimum absolute atomic E-state index is 0.0987. The molecule has 1 fully saturated rings. The van der Waals surface area contributed by atoms with Gasteiger partial charge in [-0.15, -0.1) is 0 Å². The molecule has 0 unspecified atom stereocenters. The summed E-state index contributed by atoms with van der Waals surface area (Å²) in [5.74, 6) is -1.18. The monoisotopic (exact) mass is 687 g/mol. The zero-order chi connectivity index (χ0) is 36.0. The van der Waals surface area contributed by atoms with Gasteiger partial charge in [0.2, 0.25) is 5.91 Å². The molecule has 1 saturated heterocycles. The Morgan fingerprint density at radius 3 is 2.25 bits per heavy atom. The normalized spacial score (nSPS) is 24.4. The lowest BCUT2D eigenvalue weighted by atomic mass is 9.98. The summed E-state index contributed by atoms with van der Waals surface area (Å²) in [6.07, 6.45) is -9.89. The lowest BCUT2D eigenvalue weighted by Crippen LogP contribution is -2.62. The Morgan fingerprint density at radius 2 is 1.65 bits per heavy atom. The number of aliphatic hydroxyl groups excluding tert-OH is 8. The smallest absolute Gasteiger partial charge is 0.251 e. The number of carbonyl (C=O) groups excluding carboxylic acids is 2. The van der Waals surface area contributed by atoms with Crippen LogP contribution in [0.1, 0.15) is 70.4 Å². The lowest BCUT2D eigenvalue weighted by Gasteiger charge is -2.42. The number of hydrogen-bond donors (Lipinski definition) is 10. The fourth-order valence-corrected chi connectivity index (χ4v) is 4.87. The van der Waals surface area contributed by atoms with Crippen LogP contribution in [0.15, 0.2) is 24.3 Å². The van der Waals surface area contributed by atoms with E-state index in [0.717, 1.165) is 36.8 Å². The van der Waals surface area contributed by atoms with Crippen LogP contribution in [0.25, 0.3) is 0 Å². The first-order valence-corrected chi connectivity index (χ1v) is 16.2. The average molecular weight is 688 g/mol. The predicted molar refractivity (Wildman–Crippen MR) is 171 cm³/mol. The van der Waals surface area contributed by atoms with Crippen molar-refractivity contribution in [2.45, 2.75) is 127 Å². The maximum atomic E-state index is 12.8. The van der Waals surface area contributed by atoms with Crippen molar-refractivity contribution in [2.24, 2.45) is 0 Å². The molecule has 1 aromatic rings. The van der Waals surface area contributed by atoms with Gasteiger partial charge in [0.25, 0.3) is 5.91 Å². The van der Waals surface area contributed by atoms with Gasteiger partial charge in [0.15, 0.2) is 24.1 Å². The molecule has 0 spiro atoms. The van der Waals surface area contributed by atoms with Crippen LogP contribution < -0.4 is 10.6 Å². The number of nitrogens with zero attached hydrogens (tertiary/aromatic N) is 1. The summed E-state index contributed by atoms with van der Waals surface area (Å²) in [5.41, 5.74) is 0.196. The Morgan fingerprint density at radius 1 is 1.00 bits per heavy atom. The van der Waals surface area contributed by atoms with Crippen molar-refractivity contribution < 1.29 is 64.7 Å². The van der Waals surface area contributed by atoms with Crippen molar-refractivity contribution in [2.75, 3.05) is 19.8 Å². The third-order valence-electron chi connectivity index (χ3n) is 8.17. The van der Waals surface area contributed by atoms with Crippen molar-refractivity contribution in [1.82, 2.24) is 10.6 Å². The zero-order valence-electron chi connectivity index (χ0n) is 27.7. The molecule has 0 aromatic heterocycles. The molecule has 1 aliphatic rings. The molecule has 274 valence electrons. The summed E-state index contributed by atoms with van der Waals surface area (Å²) >= 11 is 0. The quantitative estimate of drug-likeness (QED) is 0.0229. The topological polar surface area (TPSA) is 265 Å². The fraction of sp³-hybridized carbons (Fsp3) is 0.719. The molecule has 0 bridgehead atoms. The van der Waals surface area contributed by atoms with Gasteiger partial charge in [-0.3, -0.25) is 9.59 Å². The second kappa shape index (κ2) is 20.0. The first-order valence-electron chi connectivity index (χ1n) is 16.2. The molecule has 2 amide bonds. The number of benzene rings is 1. The third kappa shape index (κ3) is 12.3. The standard InChI is InChI=1S/C32H53N3O13/c1-4-5-6-7-8-9-23(39)34-18-32(2,3)35(46)15-20-12-10-19(11-13-20)14-33-30(45)27(43)26(42)29(21(38)16-36)48-31-28(44)25(41)24(40)22(17-37)47-31/h10-13,15,21-22,24-29,31,36-38,40-44H,4-9,14,16-18H2,1-3H3,(H,33,45)(H,34,39)/b35-15-/t21-,22-,24+,25+,26-,27-,28-,29-,31+/m1/s1. The van der Waals surface area contributed by atoms with Crippen LogP contribution in [0.2, 0.25) is 0 Å². The highest BCUT2D eigenvalue weighted by Gasteiger charge is 2.47. The SMILES string of the molecule is CCCCCCCC(=O)NCC(C)(C)/[N+]([O-])=C/c1ccc(CNC(=O)[C@H](O)[C@@H](O)[C@H](O[C@@H]2O[C@H](CO)[C@H](O)[C@H](O)[C@H]2O)[C@H](O)CO)cc1. The van der Waals surface area contributed by atoms with E-state index < -0.39 is 79.8 Å². The molecule has 2 rings (SSSR count). The molecular weight excluding hydrogens is 634 g/mol. The number of nitrogens with one attached hydrogen (secondary N) is 2. The summed E-state index contributed by atoms with van der Waals surface area (Å²) in [5, 5.41) is 98.4. The molecule has 9 atom stereocenters. The molecule has 0 radical (unpaired) electrons. The highest BCUT2D eigenvalue weighted by Crippen LogP contribution is 2.25. The molecule has 16 nitrogen and oxygen atoms in total. The summed E-state index contributed by atoms with van der Waals surface area (Å²) in [6.45, 7) is 3.81. The van der Waals surface area contributed by atoms with Gasteiger partial charge in [0, 0.05) is 32.4 Å². The van der Waals surface area contributed by atoms with Crippen molar-refractivity contribution in [3.05, 3.63) is 40.6 Å². The van der Waals surface area contributed by atoms with E-state index >= 15 is 0 Å². The van der Waals surface area contributed by atoms with Crippen molar-refractivity contribution in [3.63, 3.8) is 0 Å². The van der Waals surface area contributed by atoms with Crippen molar-refractivity contribution in [3.8, 4) is 0 Å². The summed E-state index contributed by atoms with van der Waals surface area (Å²) in [4.78, 5) is 24.8. The molecule has 0 aliphatic carbocycles. The maximum absolute atomic E-state index is 12.8. The van der Waals surface area contributed by atoms with Crippen LogP contribution in [-0.2, 0) is 25.6 Å². The Labute approximate surface area is 280 Å². The Hall–Kier alpha value is -2.77. The van der Waals surface area contributed by atoms with E-state index in [1.807, 2.05) is 0 Å². The van der Waals surface area contributed by atoms with Crippen LogP contribution in [0, 0.1) is 5.21 Å².